The second-order valence-corrected chi connectivity index (χ2v) is 5.84. The molecular formula is C15H14F3N3O3S. The van der Waals surface area contributed by atoms with Crippen molar-refractivity contribution in [3.63, 3.8) is 0 Å². The summed E-state index contributed by atoms with van der Waals surface area (Å²) in [6.07, 6.45) is -5.19. The molecule has 0 aliphatic rings. The zero-order chi connectivity index (χ0) is 18.7. The number of carbonyl (C=O) groups excluding carboxylic acids is 2. The Morgan fingerprint density at radius 2 is 1.84 bits per heavy atom. The highest BCUT2D eigenvalue weighted by atomic mass is 32.1. The molecule has 1 atom stereocenters. The minimum absolute atomic E-state index is 0.0443. The lowest BCUT2D eigenvalue weighted by molar-refractivity contribution is -0.203. The van der Waals surface area contributed by atoms with Gasteiger partial charge in [0.25, 0.3) is 5.91 Å². The molecule has 1 heterocycles. The fourth-order valence-electron chi connectivity index (χ4n) is 1.95. The van der Waals surface area contributed by atoms with Gasteiger partial charge in [-0.2, -0.15) is 13.2 Å². The quantitative estimate of drug-likeness (QED) is 0.622. The summed E-state index contributed by atoms with van der Waals surface area (Å²) in [4.78, 5) is 28.1. The van der Waals surface area contributed by atoms with Crippen LogP contribution in [0.25, 0.3) is 0 Å². The molecule has 0 saturated carbocycles. The number of rotatable bonds is 5. The average Bonchev–Trinajstić information content (AvgIpc) is 2.98. The van der Waals surface area contributed by atoms with Gasteiger partial charge in [0.1, 0.15) is 0 Å². The summed E-state index contributed by atoms with van der Waals surface area (Å²) in [6.45, 7) is 1.58. The number of methoxy groups -OCH3 is 1. The van der Waals surface area contributed by atoms with Crippen LogP contribution in [-0.4, -0.2) is 35.8 Å². The summed E-state index contributed by atoms with van der Waals surface area (Å²) in [6, 6.07) is 7.22. The number of esters is 1. The highest BCUT2D eigenvalue weighted by molar-refractivity contribution is 7.13. The molecule has 0 spiro atoms. The van der Waals surface area contributed by atoms with Crippen molar-refractivity contribution >= 4 is 28.3 Å². The SMILES string of the molecule is COC(=O)[C@](NC(=O)c1ccccc1)(Nc1nc(C)cs1)C(F)(F)F. The minimum atomic E-state index is -5.19. The molecule has 25 heavy (non-hydrogen) atoms. The number of carbonyl (C=O) groups is 2. The van der Waals surface area contributed by atoms with Crippen molar-refractivity contribution in [3.05, 3.63) is 47.0 Å². The Kier molecular flexibility index (Phi) is 5.31. The van der Waals surface area contributed by atoms with Gasteiger partial charge in [0, 0.05) is 10.9 Å². The Morgan fingerprint density at radius 3 is 2.32 bits per heavy atom. The van der Waals surface area contributed by atoms with Gasteiger partial charge in [-0.3, -0.25) is 4.79 Å². The number of nitrogens with one attached hydrogen (secondary N) is 2. The third-order valence-corrected chi connectivity index (χ3v) is 4.04. The van der Waals surface area contributed by atoms with Crippen LogP contribution >= 0.6 is 11.3 Å². The molecule has 6 nitrogen and oxygen atoms in total. The van der Waals surface area contributed by atoms with Crippen LogP contribution in [0.4, 0.5) is 18.3 Å². The van der Waals surface area contributed by atoms with E-state index >= 15 is 0 Å². The number of aromatic nitrogens is 1. The van der Waals surface area contributed by atoms with E-state index < -0.39 is 23.7 Å². The molecule has 134 valence electrons. The molecule has 0 bridgehead atoms. The van der Waals surface area contributed by atoms with Crippen LogP contribution in [0.1, 0.15) is 16.1 Å². The van der Waals surface area contributed by atoms with E-state index in [1.54, 1.807) is 18.3 Å². The van der Waals surface area contributed by atoms with E-state index in [1.807, 2.05) is 5.32 Å². The number of benzene rings is 1. The number of thiazole rings is 1. The summed E-state index contributed by atoms with van der Waals surface area (Å²) < 4.78 is 45.6. The fourth-order valence-corrected chi connectivity index (χ4v) is 2.69. The normalized spacial score (nSPS) is 13.6. The van der Waals surface area contributed by atoms with E-state index in [1.165, 1.54) is 29.6 Å². The first kappa shape index (κ1) is 18.7. The molecule has 1 aromatic carbocycles. The summed E-state index contributed by atoms with van der Waals surface area (Å²) in [5.41, 5.74) is -3.06. The maximum Gasteiger partial charge on any atom is 0.442 e. The van der Waals surface area contributed by atoms with Crippen LogP contribution < -0.4 is 10.6 Å². The van der Waals surface area contributed by atoms with Crippen LogP contribution in [0, 0.1) is 6.92 Å². The number of alkyl halides is 3. The first-order valence-electron chi connectivity index (χ1n) is 6.92. The van der Waals surface area contributed by atoms with E-state index in [-0.39, 0.29) is 10.7 Å². The van der Waals surface area contributed by atoms with Crippen LogP contribution in [0.5, 0.6) is 0 Å². The average molecular weight is 373 g/mol. The van der Waals surface area contributed by atoms with Gasteiger partial charge in [-0.1, -0.05) is 18.2 Å². The lowest BCUT2D eigenvalue weighted by atomic mass is 10.1. The molecule has 0 fully saturated rings. The minimum Gasteiger partial charge on any atom is -0.466 e. The molecule has 1 aromatic heterocycles. The monoisotopic (exact) mass is 373 g/mol. The predicted octanol–water partition coefficient (Wildman–Crippen LogP) is 2.73. The van der Waals surface area contributed by atoms with Crippen molar-refractivity contribution in [3.8, 4) is 0 Å². The zero-order valence-corrected chi connectivity index (χ0v) is 14.0. The van der Waals surface area contributed by atoms with Gasteiger partial charge in [-0.25, -0.2) is 9.78 Å². The molecule has 0 radical (unpaired) electrons. The van der Waals surface area contributed by atoms with E-state index in [4.69, 9.17) is 0 Å². The first-order chi connectivity index (χ1) is 11.7. The topological polar surface area (TPSA) is 80.3 Å². The maximum absolute atomic E-state index is 13.8. The number of nitrogens with zero attached hydrogens (tertiary/aromatic N) is 1. The molecule has 2 rings (SSSR count). The van der Waals surface area contributed by atoms with Crippen molar-refractivity contribution in [1.29, 1.82) is 0 Å². The van der Waals surface area contributed by atoms with E-state index in [9.17, 15) is 22.8 Å². The van der Waals surface area contributed by atoms with Gasteiger partial charge in [-0.15, -0.1) is 11.3 Å². The molecule has 10 heteroatoms. The smallest absolute Gasteiger partial charge is 0.442 e. The number of ether oxygens (including phenoxy) is 1. The summed E-state index contributed by atoms with van der Waals surface area (Å²) in [7, 11) is 0.798. The fraction of sp³-hybridized carbons (Fsp3) is 0.267. The van der Waals surface area contributed by atoms with Crippen LogP contribution in [0.3, 0.4) is 0 Å². The number of hydrogen-bond donors (Lipinski definition) is 2. The number of amides is 1. The van der Waals surface area contributed by atoms with Crippen LogP contribution in [0.2, 0.25) is 0 Å². The van der Waals surface area contributed by atoms with Gasteiger partial charge in [0.15, 0.2) is 5.13 Å². The molecular weight excluding hydrogens is 359 g/mol. The second kappa shape index (κ2) is 7.09. The van der Waals surface area contributed by atoms with Gasteiger partial charge < -0.3 is 15.4 Å². The van der Waals surface area contributed by atoms with Crippen molar-refractivity contribution in [2.75, 3.05) is 12.4 Å². The van der Waals surface area contributed by atoms with Gasteiger partial charge in [0.2, 0.25) is 0 Å². The highest BCUT2D eigenvalue weighted by Crippen LogP contribution is 2.34. The van der Waals surface area contributed by atoms with Crippen molar-refractivity contribution in [2.24, 2.45) is 0 Å². The molecule has 0 aliphatic heterocycles. The molecule has 1 amide bonds. The van der Waals surface area contributed by atoms with E-state index in [2.05, 4.69) is 9.72 Å². The van der Waals surface area contributed by atoms with E-state index in [0.29, 0.717) is 5.69 Å². The Hall–Kier alpha value is -2.62. The Morgan fingerprint density at radius 1 is 1.20 bits per heavy atom. The molecule has 2 N–H and O–H groups in total. The van der Waals surface area contributed by atoms with Crippen molar-refractivity contribution in [1.82, 2.24) is 10.3 Å². The first-order valence-corrected chi connectivity index (χ1v) is 7.80. The molecule has 0 unspecified atom stereocenters. The highest BCUT2D eigenvalue weighted by Gasteiger charge is 2.64. The third kappa shape index (κ3) is 3.90. The Balaban J connectivity index is 2.46. The van der Waals surface area contributed by atoms with Gasteiger partial charge >= 0.3 is 17.8 Å². The van der Waals surface area contributed by atoms with Crippen molar-refractivity contribution < 1.29 is 27.5 Å². The Bertz CT molecular complexity index is 764. The summed E-state index contributed by atoms with van der Waals surface area (Å²) >= 11 is 0.862. The van der Waals surface area contributed by atoms with Gasteiger partial charge in [0.05, 0.1) is 12.8 Å². The third-order valence-electron chi connectivity index (χ3n) is 3.17. The summed E-state index contributed by atoms with van der Waals surface area (Å²) in [5, 5.41) is 5.01. The maximum atomic E-state index is 13.8. The largest absolute Gasteiger partial charge is 0.466 e. The molecule has 0 aliphatic carbocycles. The standard InChI is InChI=1S/C15H14F3N3O3S/c1-9-8-25-13(19-9)21-14(12(23)24-2,15(16,17)18)20-11(22)10-6-4-3-5-7-10/h3-8H,1-2H3,(H,19,21)(H,20,22)/t14-/m0/s1. The predicted molar refractivity (Wildman–Crippen MR) is 85.2 cm³/mol. The lowest BCUT2D eigenvalue weighted by Gasteiger charge is -2.34. The number of halogens is 3. The summed E-state index contributed by atoms with van der Waals surface area (Å²) in [5.74, 6) is -2.80. The molecule has 2 aromatic rings. The van der Waals surface area contributed by atoms with E-state index in [0.717, 1.165) is 18.4 Å². The zero-order valence-electron chi connectivity index (χ0n) is 13.2. The number of hydrogen-bond acceptors (Lipinski definition) is 6. The second-order valence-electron chi connectivity index (χ2n) is 4.98. The lowest BCUT2D eigenvalue weighted by Crippen LogP contribution is -2.69. The number of anilines is 1. The molecule has 0 saturated heterocycles. The van der Waals surface area contributed by atoms with Crippen molar-refractivity contribution in [2.45, 2.75) is 18.8 Å². The van der Waals surface area contributed by atoms with Crippen LogP contribution in [-0.2, 0) is 9.53 Å². The number of aryl methyl sites for hydroxylation is 1. The van der Waals surface area contributed by atoms with Gasteiger partial charge in [-0.05, 0) is 19.1 Å². The Labute approximate surface area is 145 Å². The van der Waals surface area contributed by atoms with Crippen LogP contribution in [0.15, 0.2) is 35.7 Å².